The molecule has 6 atom stereocenters. The first-order valence-corrected chi connectivity index (χ1v) is 22.6. The Kier molecular flexibility index (Phi) is 11.5. The van der Waals surface area contributed by atoms with Gasteiger partial charge in [0, 0.05) is 29.3 Å². The highest BCUT2D eigenvalue weighted by molar-refractivity contribution is 5.89. The molecule has 9 rings (SSSR count). The topological polar surface area (TPSA) is 175 Å². The number of hydrogen-bond donors (Lipinski definition) is 4. The van der Waals surface area contributed by atoms with E-state index in [-0.39, 0.29) is 58.3 Å². The number of nitrogens with one attached hydrogen (secondary N) is 4. The summed E-state index contributed by atoms with van der Waals surface area (Å²) in [5, 5.41) is 5.30. The van der Waals surface area contributed by atoms with Gasteiger partial charge in [0.05, 0.1) is 49.6 Å². The van der Waals surface area contributed by atoms with Crippen molar-refractivity contribution >= 4 is 35.6 Å². The van der Waals surface area contributed by atoms with E-state index in [9.17, 15) is 19.2 Å². The molecule has 0 unspecified atom stereocenters. The zero-order chi connectivity index (χ0) is 47.0. The van der Waals surface area contributed by atoms with Crippen LogP contribution in [0.5, 0.6) is 0 Å². The number of fused-ring (bicyclic) bond motifs is 6. The summed E-state index contributed by atoms with van der Waals surface area (Å²) in [7, 11) is 2.47. The predicted molar refractivity (Wildman–Crippen MR) is 235 cm³/mol. The van der Waals surface area contributed by atoms with E-state index in [0.29, 0.717) is 66.4 Å². The molecular weight excluding hydrogens is 861 g/mol. The molecule has 4 N–H and O–H groups in total. The summed E-state index contributed by atoms with van der Waals surface area (Å²) in [6.45, 7) is 7.75. The molecule has 350 valence electrons. The normalized spacial score (nSPS) is 23.2. The number of alkyl halides is 4. The van der Waals surface area contributed by atoms with Gasteiger partial charge in [-0.15, -0.1) is 0 Å². The molecule has 2 aromatic carbocycles. The third-order valence-electron chi connectivity index (χ3n) is 14.2. The summed E-state index contributed by atoms with van der Waals surface area (Å²) in [5.74, 6) is -8.88. The quantitative estimate of drug-likeness (QED) is 0.114. The van der Waals surface area contributed by atoms with E-state index >= 15 is 17.6 Å². The zero-order valence-corrected chi connectivity index (χ0v) is 37.6. The number of methoxy groups -OCH3 is 2. The Bertz CT molecular complexity index is 2620. The number of nitrogens with zero attached hydrogens (tertiary/aromatic N) is 4. The number of rotatable bonds is 10. The van der Waals surface area contributed by atoms with Crippen molar-refractivity contribution in [2.75, 3.05) is 20.8 Å². The Labute approximate surface area is 379 Å². The highest BCUT2D eigenvalue weighted by Gasteiger charge is 2.63. The Morgan fingerprint density at radius 1 is 0.788 bits per heavy atom. The zero-order valence-electron chi connectivity index (χ0n) is 37.6. The fourth-order valence-corrected chi connectivity index (χ4v) is 10.8. The minimum absolute atomic E-state index is 0.00116. The first-order valence-electron chi connectivity index (χ1n) is 22.6. The molecule has 4 heterocycles. The van der Waals surface area contributed by atoms with Crippen LogP contribution in [-0.2, 0) is 37.3 Å². The number of piperidine rings is 1. The Morgan fingerprint density at radius 2 is 1.41 bits per heavy atom. The van der Waals surface area contributed by atoms with Gasteiger partial charge < -0.3 is 39.9 Å². The number of aromatic amines is 2. The number of carbonyl (C=O) groups is 4. The van der Waals surface area contributed by atoms with Gasteiger partial charge in [-0.05, 0) is 103 Å². The van der Waals surface area contributed by atoms with Gasteiger partial charge in [-0.25, -0.2) is 19.6 Å². The first kappa shape index (κ1) is 45.0. The van der Waals surface area contributed by atoms with E-state index < -0.39 is 53.3 Å². The van der Waals surface area contributed by atoms with Crippen LogP contribution in [0.2, 0.25) is 0 Å². The average Bonchev–Trinajstić information content (AvgIpc) is 4.17. The van der Waals surface area contributed by atoms with Crippen LogP contribution in [0, 0.1) is 17.8 Å². The van der Waals surface area contributed by atoms with Crippen molar-refractivity contribution in [1.29, 1.82) is 0 Å². The number of benzene rings is 2. The minimum atomic E-state index is -4.57. The van der Waals surface area contributed by atoms with E-state index in [1.54, 1.807) is 30.9 Å². The highest BCUT2D eigenvalue weighted by atomic mass is 19.3. The van der Waals surface area contributed by atoms with Crippen molar-refractivity contribution in [1.82, 2.24) is 40.4 Å². The molecule has 5 aliphatic rings. The lowest BCUT2D eigenvalue weighted by Crippen LogP contribution is -2.54. The van der Waals surface area contributed by atoms with Gasteiger partial charge >= 0.3 is 24.0 Å². The molecule has 2 aliphatic heterocycles. The molecule has 4 amide bonds. The second-order valence-electron chi connectivity index (χ2n) is 18.8. The summed E-state index contributed by atoms with van der Waals surface area (Å²) >= 11 is 0. The maximum Gasteiger partial charge on any atom is 0.407 e. The summed E-state index contributed by atoms with van der Waals surface area (Å²) in [5.41, 5.74) is 1.47. The number of imidazole rings is 2. The molecule has 14 nitrogen and oxygen atoms in total. The van der Waals surface area contributed by atoms with E-state index in [2.05, 4.69) is 25.6 Å². The number of amides is 4. The molecule has 66 heavy (non-hydrogen) atoms. The standard InChI is InChI=1S/C48H54F4N8O6/c1-23(2)38(57-45(63)65-5)43(61)59-17-7-8-37(59)41-53-22-36(56-41)27-11-15-31-30-14-10-25(19-32(30)47(49,50)48(51,52)33(31)20-27)26-12-16-34-35(21-26)55-42(54-34)40-28-9-13-29(18-28)60(40)44(62)39(24(3)4)58-46(64)66-6/h10-11,14-15,19-24,28-29,37-40H,7-9,12-13,16-18H2,1-6H3,(H,53,56)(H,54,55)(H,57,63)(H,58,64)/t28-,29+,37-,38-,39-,40-/m0/s1. The number of aryl methyl sites for hydroxylation is 1. The molecule has 1 saturated carbocycles. The van der Waals surface area contributed by atoms with Crippen LogP contribution < -0.4 is 10.6 Å². The number of aromatic nitrogens is 4. The number of H-pyrrole nitrogens is 2. The molecule has 0 spiro atoms. The molecule has 0 radical (unpaired) electrons. The molecule has 4 aromatic rings. The first-order chi connectivity index (χ1) is 31.4. The molecule has 3 aliphatic carbocycles. The monoisotopic (exact) mass is 914 g/mol. The highest BCUT2D eigenvalue weighted by Crippen LogP contribution is 2.59. The summed E-state index contributed by atoms with van der Waals surface area (Å²) < 4.78 is 74.8. The number of allylic oxidation sites excluding steroid dienone is 1. The number of carbonyl (C=O) groups excluding carboxylic acids is 4. The molecular formula is C48H54F4N8O6. The van der Waals surface area contributed by atoms with Crippen molar-refractivity contribution in [2.24, 2.45) is 17.8 Å². The second kappa shape index (κ2) is 16.9. The van der Waals surface area contributed by atoms with Gasteiger partial charge in [-0.2, -0.15) is 17.6 Å². The van der Waals surface area contributed by atoms with Crippen molar-refractivity contribution in [2.45, 2.75) is 115 Å². The predicted octanol–water partition coefficient (Wildman–Crippen LogP) is 8.63. The van der Waals surface area contributed by atoms with Gasteiger partial charge in [0.2, 0.25) is 11.8 Å². The van der Waals surface area contributed by atoms with Crippen LogP contribution in [0.25, 0.3) is 34.0 Å². The lowest BCUT2D eigenvalue weighted by Gasteiger charge is -2.37. The molecule has 2 aromatic heterocycles. The van der Waals surface area contributed by atoms with Crippen LogP contribution in [0.3, 0.4) is 0 Å². The van der Waals surface area contributed by atoms with Gasteiger partial charge in [0.1, 0.15) is 23.7 Å². The van der Waals surface area contributed by atoms with Gasteiger partial charge in [-0.1, -0.05) is 52.0 Å². The van der Waals surface area contributed by atoms with Crippen molar-refractivity contribution in [3.05, 3.63) is 82.3 Å². The fourth-order valence-electron chi connectivity index (χ4n) is 10.8. The molecule has 2 bridgehead atoms. The Morgan fingerprint density at radius 3 is 2.05 bits per heavy atom. The van der Waals surface area contributed by atoms with Crippen LogP contribution in [0.15, 0.2) is 42.6 Å². The van der Waals surface area contributed by atoms with Gasteiger partial charge in [0.25, 0.3) is 0 Å². The number of hydrogen-bond acceptors (Lipinski definition) is 8. The maximum absolute atomic E-state index is 16.3. The van der Waals surface area contributed by atoms with Gasteiger partial charge in [0.15, 0.2) is 0 Å². The average molecular weight is 915 g/mol. The number of halogens is 4. The SMILES string of the molecule is COC(=O)N[C@H](C(=O)N1CCC[C@H]1c1ncc(-c2ccc3c(c2)C(F)(F)C(F)(F)c2cc(C4=Cc5[nH]c([C@@H]6[C@H]7CC[C@H](C7)N6C(=O)[C@@H](NC(=O)OC)C(C)C)nc5CC4)ccc2-3)[nH]1)C(C)C. The van der Waals surface area contributed by atoms with E-state index in [4.69, 9.17) is 14.5 Å². The Hall–Kier alpha value is -6.20. The number of alkyl carbamates (subject to hydrolysis) is 2. The van der Waals surface area contributed by atoms with Gasteiger partial charge in [-0.3, -0.25) is 9.59 Å². The molecule has 2 saturated heterocycles. The maximum atomic E-state index is 16.3. The van der Waals surface area contributed by atoms with Crippen molar-refractivity contribution in [3.63, 3.8) is 0 Å². The van der Waals surface area contributed by atoms with Crippen LogP contribution in [-0.4, -0.2) is 92.6 Å². The molecule has 18 heteroatoms. The van der Waals surface area contributed by atoms with Crippen molar-refractivity contribution < 1.29 is 46.2 Å². The minimum Gasteiger partial charge on any atom is -0.453 e. The van der Waals surface area contributed by atoms with Crippen molar-refractivity contribution in [3.8, 4) is 22.4 Å². The largest absolute Gasteiger partial charge is 0.453 e. The third kappa shape index (κ3) is 7.49. The van der Waals surface area contributed by atoms with Crippen LogP contribution in [0.4, 0.5) is 27.2 Å². The van der Waals surface area contributed by atoms with E-state index in [0.717, 1.165) is 31.0 Å². The van der Waals surface area contributed by atoms with E-state index in [1.807, 2.05) is 24.8 Å². The summed E-state index contributed by atoms with van der Waals surface area (Å²) in [6.07, 6.45) is 6.57. The van der Waals surface area contributed by atoms with E-state index in [1.165, 1.54) is 38.6 Å². The number of ether oxygens (including phenoxy) is 2. The smallest absolute Gasteiger partial charge is 0.407 e. The molecule has 3 fully saturated rings. The van der Waals surface area contributed by atoms with Crippen LogP contribution >= 0.6 is 0 Å². The third-order valence-corrected chi connectivity index (χ3v) is 14.2. The summed E-state index contributed by atoms with van der Waals surface area (Å²) in [6, 6.07) is 5.97. The fraction of sp³-hybridized carbons (Fsp3) is 0.500. The lowest BCUT2D eigenvalue weighted by atomic mass is 9.78. The Balaban J connectivity index is 0.974. The summed E-state index contributed by atoms with van der Waals surface area (Å²) in [4.78, 5) is 71.4. The van der Waals surface area contributed by atoms with Crippen LogP contribution in [0.1, 0.15) is 118 Å². The lowest BCUT2D eigenvalue weighted by molar-refractivity contribution is -0.225. The number of likely N-dealkylation sites (tertiary alicyclic amines) is 2. The second-order valence-corrected chi connectivity index (χ2v) is 18.8.